The number of hydrogen-bond acceptors (Lipinski definition) is 6. The van der Waals surface area contributed by atoms with Crippen molar-refractivity contribution in [2.45, 2.75) is 10.8 Å². The summed E-state index contributed by atoms with van der Waals surface area (Å²) in [4.78, 5) is 32.8. The van der Waals surface area contributed by atoms with E-state index in [4.69, 9.17) is 9.47 Å². The summed E-state index contributed by atoms with van der Waals surface area (Å²) in [6.07, 6.45) is 1.38. The number of methoxy groups -OCH3 is 2. The van der Waals surface area contributed by atoms with Crippen molar-refractivity contribution in [1.82, 2.24) is 14.8 Å². The van der Waals surface area contributed by atoms with E-state index in [-0.39, 0.29) is 47.3 Å². The van der Waals surface area contributed by atoms with Crippen molar-refractivity contribution in [3.8, 4) is 11.5 Å². The van der Waals surface area contributed by atoms with Gasteiger partial charge in [-0.05, 0) is 36.0 Å². The van der Waals surface area contributed by atoms with E-state index < -0.39 is 5.76 Å². The van der Waals surface area contributed by atoms with Gasteiger partial charge in [-0.2, -0.15) is 8.78 Å². The predicted octanol–water partition coefficient (Wildman–Crippen LogP) is 3.01. The molecule has 7 nitrogen and oxygen atoms in total. The molecule has 2 heterocycles. The number of rotatable bonds is 6. The number of aromatic nitrogens is 1. The summed E-state index contributed by atoms with van der Waals surface area (Å²) in [6.45, 7) is 1.21. The fourth-order valence-corrected chi connectivity index (χ4v) is 3.73. The minimum absolute atomic E-state index is 0.000949. The van der Waals surface area contributed by atoms with Crippen molar-refractivity contribution >= 4 is 23.6 Å². The number of hydrogen-bond donors (Lipinski definition) is 0. The maximum atomic E-state index is 12.9. The van der Waals surface area contributed by atoms with Gasteiger partial charge in [0.2, 0.25) is 0 Å². The average molecular weight is 437 g/mol. The molecule has 0 saturated carbocycles. The summed E-state index contributed by atoms with van der Waals surface area (Å²) in [5, 5.41) is -0.000949. The third-order valence-corrected chi connectivity index (χ3v) is 5.42. The van der Waals surface area contributed by atoms with Gasteiger partial charge in [0, 0.05) is 38.4 Å². The van der Waals surface area contributed by atoms with Gasteiger partial charge in [0.25, 0.3) is 17.6 Å². The zero-order chi connectivity index (χ0) is 21.7. The number of thioether (sulfide) groups is 1. The summed E-state index contributed by atoms with van der Waals surface area (Å²) in [5.41, 5.74) is 0.542. The Morgan fingerprint density at radius 2 is 1.63 bits per heavy atom. The summed E-state index contributed by atoms with van der Waals surface area (Å²) in [5.74, 6) is -2.27. The van der Waals surface area contributed by atoms with Gasteiger partial charge in [0.15, 0.2) is 0 Å². The first-order valence-corrected chi connectivity index (χ1v) is 10.0. The second-order valence-electron chi connectivity index (χ2n) is 6.39. The number of benzene rings is 1. The molecular weight excluding hydrogens is 416 g/mol. The molecule has 0 spiro atoms. The van der Waals surface area contributed by atoms with Crippen molar-refractivity contribution in [2.75, 3.05) is 40.4 Å². The van der Waals surface area contributed by atoms with Crippen molar-refractivity contribution in [3.05, 3.63) is 47.7 Å². The standard InChI is InChI=1S/C20H21F2N3O4S/c1-28-13-5-6-14(16(12-13)29-2)18(26)24-8-10-25(11-9-24)19(27)15-4-3-7-23-17(15)30-20(21)22/h3-7,12,20H,8-11H2,1-2H3. The Kier molecular flexibility index (Phi) is 7.09. The van der Waals surface area contributed by atoms with Gasteiger partial charge in [0.05, 0.1) is 25.3 Å². The van der Waals surface area contributed by atoms with Gasteiger partial charge in [-0.3, -0.25) is 9.59 Å². The molecule has 160 valence electrons. The van der Waals surface area contributed by atoms with E-state index >= 15 is 0 Å². The number of halogens is 2. The van der Waals surface area contributed by atoms with E-state index in [0.29, 0.717) is 30.2 Å². The number of pyridine rings is 1. The highest BCUT2D eigenvalue weighted by Crippen LogP contribution is 2.28. The van der Waals surface area contributed by atoms with E-state index in [1.807, 2.05) is 0 Å². The van der Waals surface area contributed by atoms with E-state index in [2.05, 4.69) is 4.98 Å². The largest absolute Gasteiger partial charge is 0.497 e. The van der Waals surface area contributed by atoms with Gasteiger partial charge >= 0.3 is 0 Å². The number of carbonyl (C=O) groups excluding carboxylic acids is 2. The number of piperazine rings is 1. The Bertz CT molecular complexity index is 921. The molecule has 0 bridgehead atoms. The van der Waals surface area contributed by atoms with E-state index in [1.165, 1.54) is 26.5 Å². The Hall–Kier alpha value is -2.88. The summed E-state index contributed by atoms with van der Waals surface area (Å²) >= 11 is 0.247. The summed E-state index contributed by atoms with van der Waals surface area (Å²) < 4.78 is 36.0. The molecule has 0 radical (unpaired) electrons. The molecule has 1 aliphatic rings. The number of nitrogens with zero attached hydrogens (tertiary/aromatic N) is 3. The Morgan fingerprint density at radius 1 is 1.00 bits per heavy atom. The van der Waals surface area contributed by atoms with E-state index in [9.17, 15) is 18.4 Å². The van der Waals surface area contributed by atoms with E-state index in [1.54, 1.807) is 34.1 Å². The van der Waals surface area contributed by atoms with Crippen LogP contribution in [-0.2, 0) is 0 Å². The Labute approximate surface area is 177 Å². The molecule has 1 saturated heterocycles. The number of carbonyl (C=O) groups is 2. The van der Waals surface area contributed by atoms with Gasteiger partial charge in [-0.15, -0.1) is 0 Å². The van der Waals surface area contributed by atoms with Gasteiger partial charge < -0.3 is 19.3 Å². The van der Waals surface area contributed by atoms with Crippen molar-refractivity contribution in [1.29, 1.82) is 0 Å². The normalized spacial score (nSPS) is 14.0. The monoisotopic (exact) mass is 437 g/mol. The topological polar surface area (TPSA) is 72.0 Å². The molecule has 2 aromatic rings. The highest BCUT2D eigenvalue weighted by atomic mass is 32.2. The number of alkyl halides is 2. The molecule has 2 amide bonds. The zero-order valence-corrected chi connectivity index (χ0v) is 17.3. The molecule has 0 unspecified atom stereocenters. The lowest BCUT2D eigenvalue weighted by Gasteiger charge is -2.35. The van der Waals surface area contributed by atoms with Crippen LogP contribution in [0.2, 0.25) is 0 Å². The fourth-order valence-electron chi connectivity index (χ4n) is 3.16. The van der Waals surface area contributed by atoms with E-state index in [0.717, 1.165) is 0 Å². The maximum absolute atomic E-state index is 12.9. The first-order valence-electron chi connectivity index (χ1n) is 9.15. The van der Waals surface area contributed by atoms with Crippen LogP contribution < -0.4 is 9.47 Å². The Morgan fingerprint density at radius 3 is 2.20 bits per heavy atom. The fraction of sp³-hybridized carbons (Fsp3) is 0.350. The molecule has 30 heavy (non-hydrogen) atoms. The third-order valence-electron chi connectivity index (χ3n) is 4.70. The van der Waals surface area contributed by atoms with Gasteiger partial charge in [-0.1, -0.05) is 0 Å². The average Bonchev–Trinajstić information content (AvgIpc) is 2.77. The van der Waals surface area contributed by atoms with Crippen LogP contribution in [0.5, 0.6) is 11.5 Å². The second-order valence-corrected chi connectivity index (χ2v) is 7.36. The quantitative estimate of drug-likeness (QED) is 0.647. The molecule has 1 aromatic carbocycles. The van der Waals surface area contributed by atoms with Gasteiger partial charge in [-0.25, -0.2) is 4.98 Å². The molecular formula is C20H21F2N3O4S. The van der Waals surface area contributed by atoms with Crippen LogP contribution in [0, 0.1) is 0 Å². The summed E-state index contributed by atoms with van der Waals surface area (Å²) in [7, 11) is 3.00. The van der Waals surface area contributed by atoms with Crippen LogP contribution in [0.1, 0.15) is 20.7 Å². The lowest BCUT2D eigenvalue weighted by atomic mass is 10.1. The molecule has 1 aromatic heterocycles. The highest BCUT2D eigenvalue weighted by molar-refractivity contribution is 7.99. The molecule has 0 aliphatic carbocycles. The number of ether oxygens (including phenoxy) is 2. The summed E-state index contributed by atoms with van der Waals surface area (Å²) in [6, 6.07) is 7.98. The molecule has 0 N–H and O–H groups in total. The Balaban J connectivity index is 1.68. The van der Waals surface area contributed by atoms with Crippen molar-refractivity contribution < 1.29 is 27.8 Å². The lowest BCUT2D eigenvalue weighted by Crippen LogP contribution is -2.50. The second kappa shape index (κ2) is 9.75. The number of amides is 2. The van der Waals surface area contributed by atoms with Crippen LogP contribution in [-0.4, -0.2) is 72.8 Å². The highest BCUT2D eigenvalue weighted by Gasteiger charge is 2.28. The predicted molar refractivity (Wildman–Crippen MR) is 107 cm³/mol. The zero-order valence-electron chi connectivity index (χ0n) is 16.5. The molecule has 10 heteroatoms. The van der Waals surface area contributed by atoms with Crippen molar-refractivity contribution in [2.24, 2.45) is 0 Å². The lowest BCUT2D eigenvalue weighted by molar-refractivity contribution is 0.0531. The molecule has 3 rings (SSSR count). The molecule has 1 aliphatic heterocycles. The van der Waals surface area contributed by atoms with Crippen LogP contribution >= 0.6 is 11.8 Å². The van der Waals surface area contributed by atoms with Crippen LogP contribution in [0.4, 0.5) is 8.78 Å². The minimum Gasteiger partial charge on any atom is -0.497 e. The third kappa shape index (κ3) is 4.81. The SMILES string of the molecule is COc1ccc(C(=O)N2CCN(C(=O)c3cccnc3SC(F)F)CC2)c(OC)c1. The molecule has 1 fully saturated rings. The smallest absolute Gasteiger partial charge is 0.290 e. The first kappa shape index (κ1) is 21.8. The minimum atomic E-state index is -2.67. The van der Waals surface area contributed by atoms with Crippen LogP contribution in [0.25, 0.3) is 0 Å². The first-order chi connectivity index (χ1) is 14.4. The van der Waals surface area contributed by atoms with Gasteiger partial charge in [0.1, 0.15) is 16.5 Å². The maximum Gasteiger partial charge on any atom is 0.290 e. The van der Waals surface area contributed by atoms with Crippen LogP contribution in [0.15, 0.2) is 41.6 Å². The van der Waals surface area contributed by atoms with Crippen LogP contribution in [0.3, 0.4) is 0 Å². The molecule has 0 atom stereocenters. The van der Waals surface area contributed by atoms with Crippen molar-refractivity contribution in [3.63, 3.8) is 0 Å².